The number of rotatable bonds is 6. The number of carbonyl (C=O) groups excluding carboxylic acids is 1. The van der Waals surface area contributed by atoms with Crippen molar-refractivity contribution in [1.29, 1.82) is 0 Å². The normalized spacial score (nSPS) is 10.9. The quantitative estimate of drug-likeness (QED) is 0.288. The van der Waals surface area contributed by atoms with Crippen LogP contribution >= 0.6 is 11.3 Å². The molecule has 0 saturated heterocycles. The fourth-order valence-electron chi connectivity index (χ4n) is 1.87. The van der Waals surface area contributed by atoms with Gasteiger partial charge in [-0.2, -0.15) is 0 Å². The fraction of sp³-hybridized carbons (Fsp3) is 0.0625. The van der Waals surface area contributed by atoms with Crippen LogP contribution in [0.3, 0.4) is 0 Å². The number of nitro benzene ring substituents is 1. The van der Waals surface area contributed by atoms with E-state index in [0.29, 0.717) is 5.56 Å². The van der Waals surface area contributed by atoms with Gasteiger partial charge in [0, 0.05) is 28.6 Å². The number of ether oxygens (including phenoxy) is 1. The van der Waals surface area contributed by atoms with Crippen molar-refractivity contribution in [3.8, 4) is 11.5 Å². The van der Waals surface area contributed by atoms with Crippen molar-refractivity contribution >= 4 is 29.1 Å². The summed E-state index contributed by atoms with van der Waals surface area (Å²) in [6.07, 6.45) is 2.97. The van der Waals surface area contributed by atoms with E-state index in [1.54, 1.807) is 6.08 Å². The Bertz CT molecular complexity index is 900. The number of carbonyl (C=O) groups is 1. The molecule has 3 aromatic rings. The van der Waals surface area contributed by atoms with E-state index in [1.807, 2.05) is 17.5 Å². The Morgan fingerprint density at radius 1 is 1.28 bits per heavy atom. The average Bonchev–Trinajstić information content (AvgIpc) is 3.30. The average molecular weight is 357 g/mol. The summed E-state index contributed by atoms with van der Waals surface area (Å²) in [6, 6.07) is 9.45. The molecule has 0 spiro atoms. The van der Waals surface area contributed by atoms with Crippen molar-refractivity contribution in [2.45, 2.75) is 6.61 Å². The largest absolute Gasteiger partial charge is 0.452 e. The molecule has 126 valence electrons. The molecule has 25 heavy (non-hydrogen) atoms. The number of thiophene rings is 1. The van der Waals surface area contributed by atoms with Crippen LogP contribution in [0.15, 0.2) is 52.3 Å². The molecule has 0 fully saturated rings. The summed E-state index contributed by atoms with van der Waals surface area (Å²) in [6.45, 7) is -0.159. The predicted octanol–water partition coefficient (Wildman–Crippen LogP) is 3.46. The lowest BCUT2D eigenvalue weighted by Gasteiger charge is -1.97. The Kier molecular flexibility index (Phi) is 4.95. The number of nitro groups is 1. The summed E-state index contributed by atoms with van der Waals surface area (Å²) in [4.78, 5) is 22.7. The summed E-state index contributed by atoms with van der Waals surface area (Å²) in [5, 5.41) is 20.2. The van der Waals surface area contributed by atoms with Crippen molar-refractivity contribution in [1.82, 2.24) is 10.2 Å². The van der Waals surface area contributed by atoms with Crippen LogP contribution in [0.1, 0.15) is 10.8 Å². The third-order valence-corrected chi connectivity index (χ3v) is 3.89. The lowest BCUT2D eigenvalue weighted by atomic mass is 10.2. The highest BCUT2D eigenvalue weighted by Crippen LogP contribution is 2.21. The second kappa shape index (κ2) is 7.49. The van der Waals surface area contributed by atoms with Crippen molar-refractivity contribution in [2.75, 3.05) is 0 Å². The second-order valence-corrected chi connectivity index (χ2v) is 5.74. The van der Waals surface area contributed by atoms with Gasteiger partial charge in [-0.3, -0.25) is 10.1 Å². The molecule has 2 aromatic heterocycles. The molecule has 8 nitrogen and oxygen atoms in total. The summed E-state index contributed by atoms with van der Waals surface area (Å²) in [7, 11) is 0. The molecule has 9 heteroatoms. The standard InChI is InChI=1S/C16H11N3O5S/c20-15(8-7-13-2-1-9-25-13)23-10-14-17-18-16(24-14)11-3-5-12(6-4-11)19(21)22/h1-9H,10H2/b8-7+. The van der Waals surface area contributed by atoms with Crippen LogP contribution in [0.2, 0.25) is 0 Å². The van der Waals surface area contributed by atoms with Crippen molar-refractivity contribution in [2.24, 2.45) is 0 Å². The zero-order chi connectivity index (χ0) is 17.6. The Labute approximate surface area is 145 Å². The molecular weight excluding hydrogens is 346 g/mol. The zero-order valence-electron chi connectivity index (χ0n) is 12.7. The van der Waals surface area contributed by atoms with E-state index >= 15 is 0 Å². The molecule has 0 unspecified atom stereocenters. The zero-order valence-corrected chi connectivity index (χ0v) is 13.5. The minimum Gasteiger partial charge on any atom is -0.452 e. The molecule has 0 atom stereocenters. The van der Waals surface area contributed by atoms with Gasteiger partial charge >= 0.3 is 5.97 Å². The second-order valence-electron chi connectivity index (χ2n) is 4.76. The molecular formula is C16H11N3O5S. The van der Waals surface area contributed by atoms with Gasteiger partial charge in [0.2, 0.25) is 5.89 Å². The maximum atomic E-state index is 11.6. The van der Waals surface area contributed by atoms with E-state index in [4.69, 9.17) is 9.15 Å². The number of nitrogens with zero attached hydrogens (tertiary/aromatic N) is 3. The summed E-state index contributed by atoms with van der Waals surface area (Å²) >= 11 is 1.51. The van der Waals surface area contributed by atoms with E-state index in [1.165, 1.54) is 41.7 Å². The first kappa shape index (κ1) is 16.5. The van der Waals surface area contributed by atoms with Crippen LogP contribution in [0.5, 0.6) is 0 Å². The fourth-order valence-corrected chi connectivity index (χ4v) is 2.49. The first-order chi connectivity index (χ1) is 12.1. The highest BCUT2D eigenvalue weighted by atomic mass is 32.1. The van der Waals surface area contributed by atoms with E-state index in [0.717, 1.165) is 4.88 Å². The Morgan fingerprint density at radius 3 is 2.76 bits per heavy atom. The van der Waals surface area contributed by atoms with Crippen molar-refractivity contribution < 1.29 is 18.9 Å². The Balaban J connectivity index is 1.58. The number of esters is 1. The molecule has 1 aromatic carbocycles. The van der Waals surface area contributed by atoms with Crippen LogP contribution < -0.4 is 0 Å². The summed E-state index contributed by atoms with van der Waals surface area (Å²) < 4.78 is 10.4. The Hall–Kier alpha value is -3.33. The van der Waals surface area contributed by atoms with Crippen LogP contribution in [0.4, 0.5) is 5.69 Å². The van der Waals surface area contributed by atoms with E-state index in [2.05, 4.69) is 10.2 Å². The van der Waals surface area contributed by atoms with Gasteiger partial charge in [-0.25, -0.2) is 4.79 Å². The van der Waals surface area contributed by atoms with Crippen LogP contribution in [-0.4, -0.2) is 21.1 Å². The van der Waals surface area contributed by atoms with Gasteiger partial charge in [-0.05, 0) is 29.7 Å². The number of non-ortho nitro benzene ring substituents is 1. The van der Waals surface area contributed by atoms with Gasteiger partial charge in [-0.1, -0.05) is 6.07 Å². The highest BCUT2D eigenvalue weighted by molar-refractivity contribution is 7.10. The summed E-state index contributed by atoms with van der Waals surface area (Å²) in [5.41, 5.74) is 0.503. The lowest BCUT2D eigenvalue weighted by Crippen LogP contribution is -2.00. The van der Waals surface area contributed by atoms with Gasteiger partial charge in [0.15, 0.2) is 6.61 Å². The van der Waals surface area contributed by atoms with Crippen LogP contribution in [0.25, 0.3) is 17.5 Å². The smallest absolute Gasteiger partial charge is 0.331 e. The van der Waals surface area contributed by atoms with Gasteiger partial charge in [0.25, 0.3) is 11.6 Å². The van der Waals surface area contributed by atoms with Crippen molar-refractivity contribution in [3.05, 3.63) is 68.7 Å². The number of hydrogen-bond acceptors (Lipinski definition) is 8. The molecule has 0 N–H and O–H groups in total. The molecule has 0 amide bonds. The van der Waals surface area contributed by atoms with Gasteiger partial charge in [0.1, 0.15) is 0 Å². The highest BCUT2D eigenvalue weighted by Gasteiger charge is 2.12. The van der Waals surface area contributed by atoms with Crippen molar-refractivity contribution in [3.63, 3.8) is 0 Å². The van der Waals surface area contributed by atoms with E-state index in [-0.39, 0.29) is 24.1 Å². The maximum Gasteiger partial charge on any atom is 0.331 e. The first-order valence-electron chi connectivity index (χ1n) is 7.07. The molecule has 0 aliphatic rings. The third kappa shape index (κ3) is 4.36. The summed E-state index contributed by atoms with van der Waals surface area (Å²) in [5.74, 6) is -0.204. The molecule has 2 heterocycles. The Morgan fingerprint density at radius 2 is 2.08 bits per heavy atom. The lowest BCUT2D eigenvalue weighted by molar-refractivity contribution is -0.384. The van der Waals surface area contributed by atoms with E-state index in [9.17, 15) is 14.9 Å². The monoisotopic (exact) mass is 357 g/mol. The van der Waals surface area contributed by atoms with Crippen LogP contribution in [-0.2, 0) is 16.1 Å². The topological polar surface area (TPSA) is 108 Å². The van der Waals surface area contributed by atoms with Gasteiger partial charge < -0.3 is 9.15 Å². The third-order valence-electron chi connectivity index (χ3n) is 3.06. The minimum atomic E-state index is -0.525. The molecule has 3 rings (SSSR count). The van der Waals surface area contributed by atoms with Gasteiger partial charge in [0.05, 0.1) is 4.92 Å². The first-order valence-corrected chi connectivity index (χ1v) is 7.95. The van der Waals surface area contributed by atoms with E-state index < -0.39 is 10.9 Å². The SMILES string of the molecule is O=C(/C=C/c1cccs1)OCc1nnc(-c2ccc([N+](=O)[O-])cc2)o1. The number of aromatic nitrogens is 2. The number of hydrogen-bond donors (Lipinski definition) is 0. The molecule has 0 aliphatic heterocycles. The predicted molar refractivity (Wildman–Crippen MR) is 89.5 cm³/mol. The maximum absolute atomic E-state index is 11.6. The van der Waals surface area contributed by atoms with Crippen LogP contribution in [0, 0.1) is 10.1 Å². The molecule has 0 radical (unpaired) electrons. The minimum absolute atomic E-state index is 0.0325. The molecule has 0 bridgehead atoms. The molecule has 0 aliphatic carbocycles. The number of benzene rings is 1. The van der Waals surface area contributed by atoms with Gasteiger partial charge in [-0.15, -0.1) is 21.5 Å². The molecule has 0 saturated carbocycles.